The number of thioether (sulfide) groups is 1. The Bertz CT molecular complexity index is 589. The van der Waals surface area contributed by atoms with E-state index in [1.165, 1.54) is 35.1 Å². The van der Waals surface area contributed by atoms with Gasteiger partial charge in [-0.25, -0.2) is 9.97 Å². The van der Waals surface area contributed by atoms with Crippen LogP contribution < -0.4 is 0 Å². The van der Waals surface area contributed by atoms with Crippen LogP contribution in [0.3, 0.4) is 0 Å². The summed E-state index contributed by atoms with van der Waals surface area (Å²) in [6, 6.07) is 0. The smallest absolute Gasteiger partial charge is 0.128 e. The van der Waals surface area contributed by atoms with Crippen LogP contribution in [0.1, 0.15) is 23.8 Å². The van der Waals surface area contributed by atoms with Gasteiger partial charge in [0.1, 0.15) is 16.2 Å². The van der Waals surface area contributed by atoms with E-state index >= 15 is 0 Å². The molecule has 1 unspecified atom stereocenters. The number of hydrogen-bond acceptors (Lipinski definition) is 4. The molecule has 2 aromatic heterocycles. The highest BCUT2D eigenvalue weighted by molar-refractivity contribution is 7.99. The number of hydrogen-bond donors (Lipinski definition) is 0. The monoisotopic (exact) mass is 276 g/mol. The quantitative estimate of drug-likeness (QED) is 0.479. The SMILES string of the molecule is C=CCSc1ncnc2sc3c(c12)CCC(C)C3. The second-order valence-electron chi connectivity index (χ2n) is 4.81. The Hall–Kier alpha value is -0.870. The van der Waals surface area contributed by atoms with Crippen LogP contribution in [0.15, 0.2) is 24.0 Å². The fourth-order valence-electron chi connectivity index (χ4n) is 2.49. The number of fused-ring (bicyclic) bond motifs is 3. The summed E-state index contributed by atoms with van der Waals surface area (Å²) in [5.41, 5.74) is 1.51. The molecule has 0 spiro atoms. The summed E-state index contributed by atoms with van der Waals surface area (Å²) in [6.07, 6.45) is 7.31. The van der Waals surface area contributed by atoms with Gasteiger partial charge in [-0.15, -0.1) is 29.7 Å². The third-order valence-corrected chi connectivity index (χ3v) is 5.54. The molecule has 0 N–H and O–H groups in total. The second kappa shape index (κ2) is 5.02. The zero-order valence-electron chi connectivity index (χ0n) is 10.5. The second-order valence-corrected chi connectivity index (χ2v) is 6.90. The zero-order chi connectivity index (χ0) is 12.5. The summed E-state index contributed by atoms with van der Waals surface area (Å²) in [5.74, 6) is 1.72. The molecular weight excluding hydrogens is 260 g/mol. The lowest BCUT2D eigenvalue weighted by Crippen LogP contribution is -2.08. The van der Waals surface area contributed by atoms with Crippen LogP contribution in [0.4, 0.5) is 0 Å². The van der Waals surface area contributed by atoms with Crippen molar-refractivity contribution in [2.75, 3.05) is 5.75 Å². The van der Waals surface area contributed by atoms with Crippen LogP contribution in [0.25, 0.3) is 10.2 Å². The van der Waals surface area contributed by atoms with E-state index in [0.29, 0.717) is 0 Å². The van der Waals surface area contributed by atoms with Gasteiger partial charge in [0.2, 0.25) is 0 Å². The maximum Gasteiger partial charge on any atom is 0.128 e. The third-order valence-electron chi connectivity index (χ3n) is 3.39. The van der Waals surface area contributed by atoms with Gasteiger partial charge in [-0.05, 0) is 30.7 Å². The summed E-state index contributed by atoms with van der Waals surface area (Å²) < 4.78 is 0. The Kier molecular flexibility index (Phi) is 3.39. The van der Waals surface area contributed by atoms with Crippen LogP contribution in [0.2, 0.25) is 0 Å². The number of nitrogens with zero attached hydrogens (tertiary/aromatic N) is 2. The minimum absolute atomic E-state index is 0.808. The molecule has 4 heteroatoms. The maximum absolute atomic E-state index is 4.45. The fraction of sp³-hybridized carbons (Fsp3) is 0.429. The normalized spacial score (nSPS) is 18.8. The van der Waals surface area contributed by atoms with Crippen molar-refractivity contribution in [2.45, 2.75) is 31.2 Å². The molecule has 1 aliphatic carbocycles. The highest BCUT2D eigenvalue weighted by Gasteiger charge is 2.22. The molecular formula is C14H16N2S2. The fourth-order valence-corrected chi connectivity index (χ4v) is 4.67. The van der Waals surface area contributed by atoms with E-state index in [9.17, 15) is 0 Å². The van der Waals surface area contributed by atoms with Crippen molar-refractivity contribution in [3.63, 3.8) is 0 Å². The van der Waals surface area contributed by atoms with Gasteiger partial charge in [0, 0.05) is 16.0 Å². The summed E-state index contributed by atoms with van der Waals surface area (Å²) in [7, 11) is 0. The Morgan fingerprint density at radius 2 is 2.44 bits per heavy atom. The first-order valence-corrected chi connectivity index (χ1v) is 8.08. The standard InChI is InChI=1S/C14H16N2S2/c1-3-6-17-13-12-10-5-4-9(2)7-11(10)18-14(12)16-8-15-13/h3,8-9H,1,4-7H2,2H3. The molecule has 3 rings (SSSR count). The largest absolute Gasteiger partial charge is 0.229 e. The van der Waals surface area contributed by atoms with Gasteiger partial charge in [0.25, 0.3) is 0 Å². The average molecular weight is 276 g/mol. The first-order valence-electron chi connectivity index (χ1n) is 6.28. The van der Waals surface area contributed by atoms with Gasteiger partial charge in [0.05, 0.1) is 0 Å². The van der Waals surface area contributed by atoms with E-state index in [0.717, 1.165) is 21.5 Å². The summed E-state index contributed by atoms with van der Waals surface area (Å²) in [6.45, 7) is 6.12. The molecule has 0 saturated heterocycles. The van der Waals surface area contributed by atoms with E-state index in [1.54, 1.807) is 18.1 Å². The Balaban J connectivity index is 2.12. The summed E-state index contributed by atoms with van der Waals surface area (Å²) >= 11 is 3.63. The van der Waals surface area contributed by atoms with Crippen molar-refractivity contribution in [1.82, 2.24) is 9.97 Å². The van der Waals surface area contributed by atoms with Crippen molar-refractivity contribution in [2.24, 2.45) is 5.92 Å². The van der Waals surface area contributed by atoms with Crippen LogP contribution in [0, 0.1) is 5.92 Å². The predicted molar refractivity (Wildman–Crippen MR) is 79.5 cm³/mol. The molecule has 0 fully saturated rings. The van der Waals surface area contributed by atoms with Crippen LogP contribution in [-0.4, -0.2) is 15.7 Å². The molecule has 1 atom stereocenters. The van der Waals surface area contributed by atoms with Crippen LogP contribution >= 0.6 is 23.1 Å². The third kappa shape index (κ3) is 2.08. The van der Waals surface area contributed by atoms with Gasteiger partial charge in [0.15, 0.2) is 0 Å². The first-order chi connectivity index (χ1) is 8.79. The lowest BCUT2D eigenvalue weighted by molar-refractivity contribution is 0.509. The molecule has 0 amide bonds. The Morgan fingerprint density at radius 1 is 1.56 bits per heavy atom. The Morgan fingerprint density at radius 3 is 3.28 bits per heavy atom. The van der Waals surface area contributed by atoms with E-state index in [4.69, 9.17) is 0 Å². The van der Waals surface area contributed by atoms with Gasteiger partial charge in [-0.2, -0.15) is 0 Å². The van der Waals surface area contributed by atoms with E-state index < -0.39 is 0 Å². The summed E-state index contributed by atoms with van der Waals surface area (Å²) in [5, 5.41) is 2.45. The van der Waals surface area contributed by atoms with Crippen molar-refractivity contribution in [1.29, 1.82) is 0 Å². The number of thiophene rings is 1. The molecule has 0 aromatic carbocycles. The minimum Gasteiger partial charge on any atom is -0.229 e. The van der Waals surface area contributed by atoms with Gasteiger partial charge in [-0.3, -0.25) is 0 Å². The molecule has 1 aliphatic rings. The lowest BCUT2D eigenvalue weighted by Gasteiger charge is -2.18. The summed E-state index contributed by atoms with van der Waals surface area (Å²) in [4.78, 5) is 11.6. The van der Waals surface area contributed by atoms with E-state index in [1.807, 2.05) is 17.4 Å². The Labute approximate surface area is 116 Å². The number of aromatic nitrogens is 2. The molecule has 0 bridgehead atoms. The molecule has 18 heavy (non-hydrogen) atoms. The topological polar surface area (TPSA) is 25.8 Å². The van der Waals surface area contributed by atoms with Gasteiger partial charge in [-0.1, -0.05) is 13.0 Å². The molecule has 94 valence electrons. The highest BCUT2D eigenvalue weighted by Crippen LogP contribution is 2.40. The van der Waals surface area contributed by atoms with Gasteiger partial charge < -0.3 is 0 Å². The molecule has 0 saturated carbocycles. The average Bonchev–Trinajstić information content (AvgIpc) is 2.73. The highest BCUT2D eigenvalue weighted by atomic mass is 32.2. The van der Waals surface area contributed by atoms with Crippen LogP contribution in [0.5, 0.6) is 0 Å². The van der Waals surface area contributed by atoms with E-state index in [-0.39, 0.29) is 0 Å². The van der Waals surface area contributed by atoms with E-state index in [2.05, 4.69) is 23.5 Å². The predicted octanol–water partition coefficient (Wildman–Crippen LogP) is 4.09. The number of rotatable bonds is 3. The lowest BCUT2D eigenvalue weighted by atomic mass is 9.89. The van der Waals surface area contributed by atoms with Crippen LogP contribution in [-0.2, 0) is 12.8 Å². The van der Waals surface area contributed by atoms with Crippen molar-refractivity contribution in [3.8, 4) is 0 Å². The number of aryl methyl sites for hydroxylation is 1. The molecule has 0 radical (unpaired) electrons. The zero-order valence-corrected chi connectivity index (χ0v) is 12.1. The van der Waals surface area contributed by atoms with Gasteiger partial charge >= 0.3 is 0 Å². The minimum atomic E-state index is 0.808. The van der Waals surface area contributed by atoms with Crippen molar-refractivity contribution in [3.05, 3.63) is 29.4 Å². The van der Waals surface area contributed by atoms with Crippen molar-refractivity contribution < 1.29 is 0 Å². The first kappa shape index (κ1) is 12.2. The molecule has 0 aliphatic heterocycles. The maximum atomic E-state index is 4.45. The molecule has 2 nitrogen and oxygen atoms in total. The molecule has 2 aromatic rings. The van der Waals surface area contributed by atoms with Crippen molar-refractivity contribution >= 4 is 33.3 Å². The molecule has 2 heterocycles.